The molecule has 76 valence electrons. The highest BCUT2D eigenvalue weighted by Gasteiger charge is 2.14. The van der Waals surface area contributed by atoms with Crippen molar-refractivity contribution < 1.29 is 4.74 Å². The Bertz CT molecular complexity index is 349. The van der Waals surface area contributed by atoms with E-state index in [0.717, 1.165) is 24.6 Å². The molecular weight excluding hydrogens is 289 g/mol. The second-order valence-corrected chi connectivity index (χ2v) is 4.97. The number of ether oxygens (including phenoxy) is 1. The van der Waals surface area contributed by atoms with Crippen LogP contribution in [0.3, 0.4) is 0 Å². The molecule has 1 aromatic carbocycles. The topological polar surface area (TPSA) is 21.3 Å². The van der Waals surface area contributed by atoms with E-state index in [1.165, 1.54) is 9.13 Å². The Kier molecular flexibility index (Phi) is 2.85. The first-order valence-corrected chi connectivity index (χ1v) is 5.96. The van der Waals surface area contributed by atoms with Gasteiger partial charge in [-0.15, -0.1) is 0 Å². The Morgan fingerprint density at radius 3 is 2.93 bits per heavy atom. The van der Waals surface area contributed by atoms with Crippen molar-refractivity contribution in [1.82, 2.24) is 0 Å². The third-order valence-corrected chi connectivity index (χ3v) is 3.26. The van der Waals surface area contributed by atoms with Gasteiger partial charge < -0.3 is 10.1 Å². The molecule has 0 unspecified atom stereocenters. The van der Waals surface area contributed by atoms with Crippen LogP contribution >= 0.6 is 22.6 Å². The molecule has 0 saturated heterocycles. The Balaban J connectivity index is 2.46. The van der Waals surface area contributed by atoms with Gasteiger partial charge in [-0.1, -0.05) is 13.8 Å². The van der Waals surface area contributed by atoms with E-state index in [1.54, 1.807) is 0 Å². The van der Waals surface area contributed by atoms with E-state index < -0.39 is 0 Å². The number of anilines is 1. The standard InChI is InChI=1S/C11H14INO/c1-7(2)8-5-9(12)11-10(6-8)14-4-3-13-11/h5-7,13H,3-4H2,1-2H3. The maximum absolute atomic E-state index is 5.63. The van der Waals surface area contributed by atoms with Gasteiger partial charge in [-0.05, 0) is 46.2 Å². The smallest absolute Gasteiger partial charge is 0.143 e. The molecule has 0 bridgehead atoms. The minimum Gasteiger partial charge on any atom is -0.490 e. The lowest BCUT2D eigenvalue weighted by Gasteiger charge is -2.22. The molecule has 14 heavy (non-hydrogen) atoms. The largest absolute Gasteiger partial charge is 0.490 e. The number of hydrogen-bond donors (Lipinski definition) is 1. The Labute approximate surface area is 98.2 Å². The van der Waals surface area contributed by atoms with Gasteiger partial charge in [0.2, 0.25) is 0 Å². The molecule has 0 fully saturated rings. The number of nitrogens with one attached hydrogen (secondary N) is 1. The summed E-state index contributed by atoms with van der Waals surface area (Å²) in [5.74, 6) is 1.56. The van der Waals surface area contributed by atoms with Gasteiger partial charge in [0.1, 0.15) is 12.4 Å². The molecule has 1 N–H and O–H groups in total. The number of rotatable bonds is 1. The van der Waals surface area contributed by atoms with Crippen molar-refractivity contribution in [2.75, 3.05) is 18.5 Å². The van der Waals surface area contributed by atoms with E-state index in [2.05, 4.69) is 53.9 Å². The molecule has 3 heteroatoms. The molecule has 0 radical (unpaired) electrons. The SMILES string of the molecule is CC(C)c1cc(I)c2c(c1)OCCN2. The summed E-state index contributed by atoms with van der Waals surface area (Å²) in [5, 5.41) is 3.36. The van der Waals surface area contributed by atoms with Crippen molar-refractivity contribution in [2.24, 2.45) is 0 Å². The van der Waals surface area contributed by atoms with E-state index >= 15 is 0 Å². The molecule has 0 aliphatic carbocycles. The Morgan fingerprint density at radius 2 is 2.21 bits per heavy atom. The molecule has 1 aliphatic heterocycles. The number of benzene rings is 1. The van der Waals surface area contributed by atoms with Crippen LogP contribution in [0.5, 0.6) is 5.75 Å². The van der Waals surface area contributed by atoms with Crippen molar-refractivity contribution in [3.8, 4) is 5.75 Å². The Morgan fingerprint density at radius 1 is 1.43 bits per heavy atom. The predicted octanol–water partition coefficient (Wildman–Crippen LogP) is 3.22. The first-order valence-electron chi connectivity index (χ1n) is 4.88. The lowest BCUT2D eigenvalue weighted by Crippen LogP contribution is -2.19. The van der Waals surface area contributed by atoms with E-state index in [0.29, 0.717) is 5.92 Å². The predicted molar refractivity (Wildman–Crippen MR) is 67.2 cm³/mol. The number of hydrogen-bond acceptors (Lipinski definition) is 2. The molecule has 2 nitrogen and oxygen atoms in total. The summed E-state index contributed by atoms with van der Waals surface area (Å²) in [6.07, 6.45) is 0. The summed E-state index contributed by atoms with van der Waals surface area (Å²) < 4.78 is 6.88. The molecule has 0 atom stereocenters. The van der Waals surface area contributed by atoms with Crippen molar-refractivity contribution in [3.63, 3.8) is 0 Å². The van der Waals surface area contributed by atoms with Crippen molar-refractivity contribution in [3.05, 3.63) is 21.3 Å². The molecule has 0 saturated carbocycles. The van der Waals surface area contributed by atoms with Crippen LogP contribution in [0.4, 0.5) is 5.69 Å². The third-order valence-electron chi connectivity index (χ3n) is 2.40. The van der Waals surface area contributed by atoms with Crippen LogP contribution in [0.1, 0.15) is 25.3 Å². The van der Waals surface area contributed by atoms with Crippen LogP contribution in [-0.4, -0.2) is 13.2 Å². The van der Waals surface area contributed by atoms with Gasteiger partial charge in [-0.3, -0.25) is 0 Å². The van der Waals surface area contributed by atoms with Gasteiger partial charge in [0.15, 0.2) is 0 Å². The van der Waals surface area contributed by atoms with Crippen LogP contribution in [0.25, 0.3) is 0 Å². The van der Waals surface area contributed by atoms with Gasteiger partial charge in [0.05, 0.1) is 5.69 Å². The maximum atomic E-state index is 5.63. The molecule has 1 aliphatic rings. The summed E-state index contributed by atoms with van der Waals surface area (Å²) in [6, 6.07) is 4.38. The maximum Gasteiger partial charge on any atom is 0.143 e. The Hall–Kier alpha value is -0.450. The lowest BCUT2D eigenvalue weighted by molar-refractivity contribution is 0.322. The van der Waals surface area contributed by atoms with Crippen LogP contribution < -0.4 is 10.1 Å². The van der Waals surface area contributed by atoms with Gasteiger partial charge >= 0.3 is 0 Å². The first kappa shape index (κ1) is 10.1. The normalized spacial score (nSPS) is 14.6. The number of halogens is 1. The summed E-state index contributed by atoms with van der Waals surface area (Å²) in [6.45, 7) is 6.08. The molecule has 0 spiro atoms. The fourth-order valence-electron chi connectivity index (χ4n) is 1.56. The van der Waals surface area contributed by atoms with E-state index in [1.807, 2.05) is 0 Å². The minimum atomic E-state index is 0.555. The lowest BCUT2D eigenvalue weighted by atomic mass is 10.0. The summed E-state index contributed by atoms with van der Waals surface area (Å²) in [7, 11) is 0. The second kappa shape index (κ2) is 3.96. The van der Waals surface area contributed by atoms with Crippen molar-refractivity contribution >= 4 is 28.3 Å². The van der Waals surface area contributed by atoms with Crippen molar-refractivity contribution in [1.29, 1.82) is 0 Å². The van der Waals surface area contributed by atoms with Crippen LogP contribution in [-0.2, 0) is 0 Å². The molecular formula is C11H14INO. The highest BCUT2D eigenvalue weighted by Crippen LogP contribution is 2.35. The zero-order valence-electron chi connectivity index (χ0n) is 8.43. The molecule has 1 heterocycles. The highest BCUT2D eigenvalue weighted by atomic mass is 127. The second-order valence-electron chi connectivity index (χ2n) is 3.81. The molecule has 1 aromatic rings. The summed E-state index contributed by atoms with van der Waals surface area (Å²) in [4.78, 5) is 0. The van der Waals surface area contributed by atoms with Crippen LogP contribution in [0.2, 0.25) is 0 Å². The monoisotopic (exact) mass is 303 g/mol. The molecule has 2 rings (SSSR count). The minimum absolute atomic E-state index is 0.555. The summed E-state index contributed by atoms with van der Waals surface area (Å²) >= 11 is 2.36. The van der Waals surface area contributed by atoms with Gasteiger partial charge in [-0.2, -0.15) is 0 Å². The average Bonchev–Trinajstić information content (AvgIpc) is 2.17. The van der Waals surface area contributed by atoms with E-state index in [9.17, 15) is 0 Å². The van der Waals surface area contributed by atoms with Crippen LogP contribution in [0, 0.1) is 3.57 Å². The molecule has 0 aromatic heterocycles. The highest BCUT2D eigenvalue weighted by molar-refractivity contribution is 14.1. The fourth-order valence-corrected chi connectivity index (χ4v) is 2.37. The fraction of sp³-hybridized carbons (Fsp3) is 0.455. The van der Waals surface area contributed by atoms with Gasteiger partial charge in [-0.25, -0.2) is 0 Å². The van der Waals surface area contributed by atoms with Crippen LogP contribution in [0.15, 0.2) is 12.1 Å². The van der Waals surface area contributed by atoms with Crippen molar-refractivity contribution in [2.45, 2.75) is 19.8 Å². The van der Waals surface area contributed by atoms with Gasteiger partial charge in [0, 0.05) is 10.1 Å². The first-order chi connectivity index (χ1) is 6.68. The number of fused-ring (bicyclic) bond motifs is 1. The van der Waals surface area contributed by atoms with Gasteiger partial charge in [0.25, 0.3) is 0 Å². The third kappa shape index (κ3) is 1.82. The summed E-state index contributed by atoms with van der Waals surface area (Å²) in [5.41, 5.74) is 2.50. The average molecular weight is 303 g/mol. The van der Waals surface area contributed by atoms with E-state index in [4.69, 9.17) is 4.74 Å². The zero-order valence-corrected chi connectivity index (χ0v) is 10.6. The zero-order chi connectivity index (χ0) is 10.1. The quantitative estimate of drug-likeness (QED) is 0.804. The van der Waals surface area contributed by atoms with E-state index in [-0.39, 0.29) is 0 Å². The molecule has 0 amide bonds.